The lowest BCUT2D eigenvalue weighted by molar-refractivity contribution is -0.138. The van der Waals surface area contributed by atoms with E-state index in [2.05, 4.69) is 10.3 Å². The Kier molecular flexibility index (Phi) is 5.23. The Morgan fingerprint density at radius 2 is 1.96 bits per heavy atom. The van der Waals surface area contributed by atoms with Gasteiger partial charge in [0.2, 0.25) is 5.91 Å². The molecule has 3 rings (SSSR count). The molecule has 0 bridgehead atoms. The summed E-state index contributed by atoms with van der Waals surface area (Å²) in [6.07, 6.45) is 8.14. The minimum Gasteiger partial charge on any atom is -0.389 e. The van der Waals surface area contributed by atoms with Gasteiger partial charge in [-0.25, -0.2) is 0 Å². The average Bonchev–Trinajstić information content (AvgIpc) is 3.10. The largest absolute Gasteiger partial charge is 0.389 e. The third-order valence-electron chi connectivity index (χ3n) is 5.29. The van der Waals surface area contributed by atoms with E-state index < -0.39 is 5.60 Å². The van der Waals surface area contributed by atoms with Crippen LogP contribution in [-0.4, -0.2) is 51.5 Å². The third-order valence-corrected chi connectivity index (χ3v) is 5.29. The zero-order chi connectivity index (χ0) is 17.0. The predicted octanol–water partition coefficient (Wildman–Crippen LogP) is 1.82. The van der Waals surface area contributed by atoms with Crippen LogP contribution in [0.2, 0.25) is 0 Å². The minimum absolute atomic E-state index is 0.0496. The summed E-state index contributed by atoms with van der Waals surface area (Å²) in [4.78, 5) is 29.2. The third kappa shape index (κ3) is 4.17. The minimum atomic E-state index is -0.798. The zero-order valence-corrected chi connectivity index (χ0v) is 14.1. The molecule has 24 heavy (non-hydrogen) atoms. The van der Waals surface area contributed by atoms with Gasteiger partial charge in [-0.05, 0) is 37.8 Å². The number of aromatic amines is 1. The van der Waals surface area contributed by atoms with Gasteiger partial charge in [-0.1, -0.05) is 19.3 Å². The number of likely N-dealkylation sites (tertiary alicyclic amines) is 1. The van der Waals surface area contributed by atoms with Crippen LogP contribution in [0.3, 0.4) is 0 Å². The summed E-state index contributed by atoms with van der Waals surface area (Å²) in [5, 5.41) is 13.6. The van der Waals surface area contributed by atoms with Crippen molar-refractivity contribution in [3.63, 3.8) is 0 Å². The molecule has 0 spiro atoms. The summed E-state index contributed by atoms with van der Waals surface area (Å²) >= 11 is 0. The quantitative estimate of drug-likeness (QED) is 0.786. The van der Waals surface area contributed by atoms with E-state index in [0.717, 1.165) is 44.9 Å². The molecule has 3 N–H and O–H groups in total. The topological polar surface area (TPSA) is 85.4 Å². The smallest absolute Gasteiger partial charge is 0.267 e. The molecule has 6 nitrogen and oxygen atoms in total. The van der Waals surface area contributed by atoms with Crippen LogP contribution in [0.15, 0.2) is 18.3 Å². The van der Waals surface area contributed by atoms with Crippen LogP contribution in [0.25, 0.3) is 0 Å². The van der Waals surface area contributed by atoms with Crippen molar-refractivity contribution in [2.24, 2.45) is 0 Å². The number of H-pyrrole nitrogens is 1. The first-order valence-corrected chi connectivity index (χ1v) is 9.00. The fourth-order valence-corrected chi connectivity index (χ4v) is 3.79. The Balaban J connectivity index is 1.44. The van der Waals surface area contributed by atoms with Gasteiger partial charge in [-0.15, -0.1) is 0 Å². The van der Waals surface area contributed by atoms with E-state index in [0.29, 0.717) is 18.8 Å². The Morgan fingerprint density at radius 1 is 1.25 bits per heavy atom. The van der Waals surface area contributed by atoms with Gasteiger partial charge >= 0.3 is 0 Å². The van der Waals surface area contributed by atoms with Crippen LogP contribution in [0.4, 0.5) is 0 Å². The monoisotopic (exact) mass is 333 g/mol. The number of nitrogens with one attached hydrogen (secondary N) is 2. The molecule has 6 heteroatoms. The Labute approximate surface area is 142 Å². The van der Waals surface area contributed by atoms with Crippen LogP contribution in [-0.2, 0) is 4.79 Å². The lowest BCUT2D eigenvalue weighted by Crippen LogP contribution is -2.48. The van der Waals surface area contributed by atoms with Crippen molar-refractivity contribution < 1.29 is 14.7 Å². The first-order chi connectivity index (χ1) is 11.6. The Bertz CT molecular complexity index is 556. The standard InChI is InChI=1S/C18H27N3O3/c22-16(13-18(24)8-2-1-3-9-18)21-11-6-14(7-12-21)20-17(23)15-5-4-10-19-15/h4-5,10,14,19,24H,1-3,6-9,11-13H2,(H,20,23). The number of carbonyl (C=O) groups excluding carboxylic acids is 2. The average molecular weight is 333 g/mol. The summed E-state index contributed by atoms with van der Waals surface area (Å²) in [5.74, 6) is -0.0464. The van der Waals surface area contributed by atoms with E-state index in [9.17, 15) is 14.7 Å². The van der Waals surface area contributed by atoms with Crippen LogP contribution in [0, 0.1) is 0 Å². The van der Waals surface area contributed by atoms with Gasteiger partial charge in [-0.2, -0.15) is 0 Å². The SMILES string of the molecule is O=C(NC1CCN(C(=O)CC2(O)CCCCC2)CC1)c1ccc[nH]1. The number of piperidine rings is 1. The highest BCUT2D eigenvalue weighted by Crippen LogP contribution is 2.31. The van der Waals surface area contributed by atoms with E-state index in [1.165, 1.54) is 0 Å². The predicted molar refractivity (Wildman–Crippen MR) is 90.5 cm³/mol. The van der Waals surface area contributed by atoms with Crippen LogP contribution in [0.5, 0.6) is 0 Å². The van der Waals surface area contributed by atoms with E-state index in [4.69, 9.17) is 0 Å². The lowest BCUT2D eigenvalue weighted by Gasteiger charge is -2.36. The molecule has 2 aliphatic rings. The molecule has 2 fully saturated rings. The molecule has 0 atom stereocenters. The van der Waals surface area contributed by atoms with Crippen molar-refractivity contribution in [1.29, 1.82) is 0 Å². The van der Waals surface area contributed by atoms with Gasteiger partial charge in [0.25, 0.3) is 5.91 Å². The summed E-state index contributed by atoms with van der Waals surface area (Å²) in [6.45, 7) is 1.29. The van der Waals surface area contributed by atoms with Gasteiger partial charge in [0.1, 0.15) is 5.69 Å². The molecule has 132 valence electrons. The second-order valence-electron chi connectivity index (χ2n) is 7.17. The van der Waals surface area contributed by atoms with Gasteiger partial charge in [0.05, 0.1) is 12.0 Å². The van der Waals surface area contributed by atoms with Crippen LogP contribution < -0.4 is 5.32 Å². The maximum atomic E-state index is 12.5. The number of nitrogens with zero attached hydrogens (tertiary/aromatic N) is 1. The zero-order valence-electron chi connectivity index (χ0n) is 14.1. The van der Waals surface area contributed by atoms with Crippen molar-refractivity contribution in [1.82, 2.24) is 15.2 Å². The van der Waals surface area contributed by atoms with E-state index in [1.54, 1.807) is 18.3 Å². The van der Waals surface area contributed by atoms with E-state index in [1.807, 2.05) is 4.90 Å². The van der Waals surface area contributed by atoms with Crippen molar-refractivity contribution in [2.45, 2.75) is 63.0 Å². The highest BCUT2D eigenvalue weighted by molar-refractivity contribution is 5.92. The molecule has 0 aromatic carbocycles. The highest BCUT2D eigenvalue weighted by atomic mass is 16.3. The Morgan fingerprint density at radius 3 is 2.58 bits per heavy atom. The number of hydrogen-bond acceptors (Lipinski definition) is 3. The molecule has 0 unspecified atom stereocenters. The molecule has 1 aliphatic heterocycles. The van der Waals surface area contributed by atoms with E-state index in [-0.39, 0.29) is 24.3 Å². The molecule has 1 saturated heterocycles. The Hall–Kier alpha value is -1.82. The fraction of sp³-hybridized carbons (Fsp3) is 0.667. The second kappa shape index (κ2) is 7.38. The number of aromatic nitrogens is 1. The number of hydrogen-bond donors (Lipinski definition) is 3. The number of rotatable bonds is 4. The van der Waals surface area contributed by atoms with Gasteiger partial charge in [-0.3, -0.25) is 9.59 Å². The van der Waals surface area contributed by atoms with Gasteiger partial charge < -0.3 is 20.3 Å². The van der Waals surface area contributed by atoms with Crippen molar-refractivity contribution >= 4 is 11.8 Å². The van der Waals surface area contributed by atoms with Gasteiger partial charge in [0.15, 0.2) is 0 Å². The summed E-state index contributed by atoms with van der Waals surface area (Å²) in [7, 11) is 0. The van der Waals surface area contributed by atoms with Crippen LogP contribution >= 0.6 is 0 Å². The van der Waals surface area contributed by atoms with Crippen LogP contribution in [0.1, 0.15) is 61.9 Å². The normalized spacial score (nSPS) is 21.5. The number of amides is 2. The fourth-order valence-electron chi connectivity index (χ4n) is 3.79. The first kappa shape index (κ1) is 17.0. The molecule has 2 amide bonds. The highest BCUT2D eigenvalue weighted by Gasteiger charge is 2.34. The summed E-state index contributed by atoms with van der Waals surface area (Å²) in [6, 6.07) is 3.65. The van der Waals surface area contributed by atoms with Gasteiger partial charge in [0, 0.05) is 25.3 Å². The number of carbonyl (C=O) groups is 2. The summed E-state index contributed by atoms with van der Waals surface area (Å²) in [5.41, 5.74) is -0.235. The maximum Gasteiger partial charge on any atom is 0.267 e. The second-order valence-corrected chi connectivity index (χ2v) is 7.17. The first-order valence-electron chi connectivity index (χ1n) is 9.00. The number of aliphatic hydroxyl groups is 1. The molecule has 1 saturated carbocycles. The lowest BCUT2D eigenvalue weighted by atomic mass is 9.82. The molecule has 2 heterocycles. The maximum absolute atomic E-state index is 12.5. The van der Waals surface area contributed by atoms with Crippen molar-refractivity contribution in [2.75, 3.05) is 13.1 Å². The molecular formula is C18H27N3O3. The molecule has 0 radical (unpaired) electrons. The van der Waals surface area contributed by atoms with Crippen molar-refractivity contribution in [3.8, 4) is 0 Å². The molecular weight excluding hydrogens is 306 g/mol. The summed E-state index contributed by atoms with van der Waals surface area (Å²) < 4.78 is 0. The molecule has 1 aromatic heterocycles. The van der Waals surface area contributed by atoms with Crippen molar-refractivity contribution in [3.05, 3.63) is 24.0 Å². The molecule has 1 aliphatic carbocycles. The van der Waals surface area contributed by atoms with E-state index >= 15 is 0 Å². The molecule has 1 aromatic rings.